The summed E-state index contributed by atoms with van der Waals surface area (Å²) in [5.41, 5.74) is 3.67. The first kappa shape index (κ1) is 19.1. The minimum absolute atomic E-state index is 0. The van der Waals surface area contributed by atoms with Gasteiger partial charge in [0.15, 0.2) is 5.82 Å². The zero-order valence-electron chi connectivity index (χ0n) is 14.2. The Balaban J connectivity index is 0.00000225. The fourth-order valence-corrected chi connectivity index (χ4v) is 2.81. The van der Waals surface area contributed by atoms with Gasteiger partial charge in [-0.3, -0.25) is 9.78 Å². The number of amides is 1. The van der Waals surface area contributed by atoms with Crippen molar-refractivity contribution in [3.63, 3.8) is 0 Å². The monoisotopic (exact) mass is 449 g/mol. The maximum absolute atomic E-state index is 12.5. The molecular weight excluding hydrogens is 429 g/mol. The number of carbonyl (C=O) groups is 1. The molecule has 25 heavy (non-hydrogen) atoms. The third kappa shape index (κ3) is 4.25. The summed E-state index contributed by atoms with van der Waals surface area (Å²) in [6, 6.07) is 7.51. The third-order valence-corrected chi connectivity index (χ3v) is 4.15. The molecule has 0 saturated heterocycles. The molecule has 0 saturated carbocycles. The van der Waals surface area contributed by atoms with E-state index in [2.05, 4.69) is 21.4 Å². The predicted molar refractivity (Wildman–Crippen MR) is 108 cm³/mol. The highest BCUT2D eigenvalue weighted by atomic mass is 127. The Kier molecular flexibility index (Phi) is 6.31. The molecule has 0 radical (unpaired) electrons. The summed E-state index contributed by atoms with van der Waals surface area (Å²) >= 11 is 0. The zero-order valence-corrected chi connectivity index (χ0v) is 16.6. The Bertz CT molecular complexity index is 829. The topological polar surface area (TPSA) is 81.9 Å². The zero-order chi connectivity index (χ0) is 17.1. The fraction of sp³-hybridized carbons (Fsp3) is 0.333. The molecule has 1 N–H and O–H groups in total. The van der Waals surface area contributed by atoms with Crippen LogP contribution in [0.1, 0.15) is 40.2 Å². The van der Waals surface area contributed by atoms with Gasteiger partial charge in [0.25, 0.3) is 5.91 Å². The molecule has 130 valence electrons. The molecule has 0 atom stereocenters. The molecule has 2 heterocycles. The highest BCUT2D eigenvalue weighted by Gasteiger charge is 2.18. The first-order valence-corrected chi connectivity index (χ1v) is 7.96. The standard InChI is InChI=1S/C18H19N5O.HI/c1-23(2)14-7-8-20-16(10-14)18(24)22-17-13(11-19)9-12-5-3-4-6-15(12)21-17;/h7-10H,3-6H2,1-2H3,(H,21,22,24);1H. The smallest absolute Gasteiger partial charge is 0.275 e. The molecule has 3 rings (SSSR count). The van der Waals surface area contributed by atoms with Crippen molar-refractivity contribution in [1.82, 2.24) is 9.97 Å². The van der Waals surface area contributed by atoms with Crippen molar-refractivity contribution < 1.29 is 4.79 Å². The summed E-state index contributed by atoms with van der Waals surface area (Å²) in [4.78, 5) is 23.0. The van der Waals surface area contributed by atoms with Crippen molar-refractivity contribution in [2.75, 3.05) is 24.3 Å². The lowest BCUT2D eigenvalue weighted by atomic mass is 9.95. The van der Waals surface area contributed by atoms with Crippen LogP contribution in [0.3, 0.4) is 0 Å². The van der Waals surface area contributed by atoms with Crippen molar-refractivity contribution in [3.8, 4) is 6.07 Å². The first-order chi connectivity index (χ1) is 11.6. The largest absolute Gasteiger partial charge is 0.378 e. The van der Waals surface area contributed by atoms with Crippen molar-refractivity contribution in [2.45, 2.75) is 25.7 Å². The molecule has 2 aromatic rings. The van der Waals surface area contributed by atoms with Gasteiger partial charge in [0.2, 0.25) is 0 Å². The molecule has 7 heteroatoms. The number of aromatic nitrogens is 2. The highest BCUT2D eigenvalue weighted by molar-refractivity contribution is 14.0. The normalized spacial score (nSPS) is 12.4. The van der Waals surface area contributed by atoms with Gasteiger partial charge in [-0.15, -0.1) is 24.0 Å². The van der Waals surface area contributed by atoms with Crippen LogP contribution in [0.5, 0.6) is 0 Å². The highest BCUT2D eigenvalue weighted by Crippen LogP contribution is 2.24. The number of halogens is 1. The SMILES string of the molecule is CN(C)c1ccnc(C(=O)Nc2nc3c(cc2C#N)CCCC3)c1.I. The summed E-state index contributed by atoms with van der Waals surface area (Å²) in [5.74, 6) is -0.0429. The van der Waals surface area contributed by atoms with Crippen LogP contribution in [-0.4, -0.2) is 30.0 Å². The molecule has 0 bridgehead atoms. The van der Waals surface area contributed by atoms with E-state index in [0.29, 0.717) is 17.1 Å². The van der Waals surface area contributed by atoms with E-state index in [1.807, 2.05) is 31.1 Å². The minimum atomic E-state index is -0.363. The molecule has 1 aliphatic rings. The lowest BCUT2D eigenvalue weighted by Crippen LogP contribution is -2.18. The van der Waals surface area contributed by atoms with Crippen molar-refractivity contribution in [1.29, 1.82) is 5.26 Å². The molecule has 0 spiro atoms. The van der Waals surface area contributed by atoms with Crippen molar-refractivity contribution >= 4 is 41.4 Å². The average Bonchev–Trinajstić information content (AvgIpc) is 2.61. The molecule has 2 aromatic heterocycles. The van der Waals surface area contributed by atoms with E-state index in [-0.39, 0.29) is 29.9 Å². The molecule has 0 fully saturated rings. The van der Waals surface area contributed by atoms with Crippen molar-refractivity contribution in [2.24, 2.45) is 0 Å². The number of aryl methyl sites for hydroxylation is 2. The van der Waals surface area contributed by atoms with E-state index in [0.717, 1.165) is 42.6 Å². The maximum Gasteiger partial charge on any atom is 0.275 e. The second kappa shape index (κ2) is 8.25. The van der Waals surface area contributed by atoms with E-state index in [1.54, 1.807) is 12.3 Å². The second-order valence-electron chi connectivity index (χ2n) is 6.06. The lowest BCUT2D eigenvalue weighted by molar-refractivity contribution is 0.102. The second-order valence-corrected chi connectivity index (χ2v) is 6.06. The summed E-state index contributed by atoms with van der Waals surface area (Å²) < 4.78 is 0. The number of hydrogen-bond acceptors (Lipinski definition) is 5. The predicted octanol–water partition coefficient (Wildman–Crippen LogP) is 3.16. The van der Waals surface area contributed by atoms with Crippen LogP contribution in [0.25, 0.3) is 0 Å². The Morgan fingerprint density at radius 2 is 2.04 bits per heavy atom. The van der Waals surface area contributed by atoms with Crippen LogP contribution in [0.15, 0.2) is 24.4 Å². The molecule has 0 unspecified atom stereocenters. The molecule has 0 aromatic carbocycles. The fourth-order valence-electron chi connectivity index (χ4n) is 2.81. The van der Waals surface area contributed by atoms with Gasteiger partial charge in [-0.25, -0.2) is 4.98 Å². The number of nitriles is 1. The summed E-state index contributed by atoms with van der Waals surface area (Å²) in [6.45, 7) is 0. The summed E-state index contributed by atoms with van der Waals surface area (Å²) in [5, 5.41) is 12.1. The number of anilines is 2. The van der Waals surface area contributed by atoms with Crippen LogP contribution in [0.2, 0.25) is 0 Å². The van der Waals surface area contributed by atoms with Crippen LogP contribution >= 0.6 is 24.0 Å². The van der Waals surface area contributed by atoms with E-state index in [9.17, 15) is 10.1 Å². The number of hydrogen-bond donors (Lipinski definition) is 1. The minimum Gasteiger partial charge on any atom is -0.378 e. The van der Waals surface area contributed by atoms with E-state index in [4.69, 9.17) is 0 Å². The van der Waals surface area contributed by atoms with Crippen LogP contribution in [-0.2, 0) is 12.8 Å². The van der Waals surface area contributed by atoms with Gasteiger partial charge in [-0.2, -0.15) is 5.26 Å². The van der Waals surface area contributed by atoms with Crippen LogP contribution in [0.4, 0.5) is 11.5 Å². The Hall–Kier alpha value is -2.21. The molecule has 1 aliphatic carbocycles. The average molecular weight is 449 g/mol. The number of pyridine rings is 2. The van der Waals surface area contributed by atoms with E-state index in [1.165, 1.54) is 0 Å². The van der Waals surface area contributed by atoms with Gasteiger partial charge in [0, 0.05) is 31.7 Å². The van der Waals surface area contributed by atoms with E-state index < -0.39 is 0 Å². The van der Waals surface area contributed by atoms with E-state index >= 15 is 0 Å². The summed E-state index contributed by atoms with van der Waals surface area (Å²) in [7, 11) is 3.80. The lowest BCUT2D eigenvalue weighted by Gasteiger charge is -2.17. The number of carbonyl (C=O) groups excluding carboxylic acids is 1. The van der Waals surface area contributed by atoms with Crippen molar-refractivity contribution in [3.05, 3.63) is 46.9 Å². The van der Waals surface area contributed by atoms with Gasteiger partial charge in [0.05, 0.1) is 5.56 Å². The number of nitrogens with zero attached hydrogens (tertiary/aromatic N) is 4. The number of fused-ring (bicyclic) bond motifs is 1. The third-order valence-electron chi connectivity index (χ3n) is 4.15. The molecule has 1 amide bonds. The van der Waals surface area contributed by atoms with Gasteiger partial charge < -0.3 is 10.2 Å². The first-order valence-electron chi connectivity index (χ1n) is 7.96. The van der Waals surface area contributed by atoms with Crippen LogP contribution in [0, 0.1) is 11.3 Å². The van der Waals surface area contributed by atoms with Gasteiger partial charge in [-0.1, -0.05) is 0 Å². The Morgan fingerprint density at radius 1 is 1.28 bits per heavy atom. The maximum atomic E-state index is 12.5. The molecular formula is C18H20IN5O. The Labute approximate surface area is 164 Å². The number of rotatable bonds is 3. The molecule has 0 aliphatic heterocycles. The van der Waals surface area contributed by atoms with Crippen LogP contribution < -0.4 is 10.2 Å². The summed E-state index contributed by atoms with van der Waals surface area (Å²) in [6.07, 6.45) is 5.63. The van der Waals surface area contributed by atoms with Gasteiger partial charge in [0.1, 0.15) is 11.8 Å². The molecule has 6 nitrogen and oxygen atoms in total. The Morgan fingerprint density at radius 3 is 2.76 bits per heavy atom. The van der Waals surface area contributed by atoms with Gasteiger partial charge >= 0.3 is 0 Å². The quantitative estimate of drug-likeness (QED) is 0.729. The number of nitrogens with one attached hydrogen (secondary N) is 1. The van der Waals surface area contributed by atoms with Gasteiger partial charge in [-0.05, 0) is 49.4 Å².